The fourth-order valence-corrected chi connectivity index (χ4v) is 1.91. The maximum absolute atomic E-state index is 9.01. The fraction of sp³-hybridized carbons (Fsp3) is 0.0625. The highest BCUT2D eigenvalue weighted by Crippen LogP contribution is 2.17. The topological polar surface area (TPSA) is 63.7 Å². The maximum atomic E-state index is 9.01. The van der Waals surface area contributed by atoms with Crippen molar-refractivity contribution in [3.8, 4) is 17.5 Å². The number of hydrogen-bond acceptors (Lipinski definition) is 4. The highest BCUT2D eigenvalue weighted by Gasteiger charge is 2.06. The molecule has 3 aromatic rings. The Labute approximate surface area is 122 Å². The zero-order valence-corrected chi connectivity index (χ0v) is 11.2. The second-order valence-corrected chi connectivity index (χ2v) is 4.39. The Hall–Kier alpha value is -3.13. The molecular formula is C16H12N4O. The zero-order valence-electron chi connectivity index (χ0n) is 11.2. The summed E-state index contributed by atoms with van der Waals surface area (Å²) in [6.07, 6.45) is 1.81. The number of nitrogens with zero attached hydrogens (tertiary/aromatic N) is 4. The van der Waals surface area contributed by atoms with Gasteiger partial charge in [0.15, 0.2) is 0 Å². The molecule has 5 nitrogen and oxygen atoms in total. The van der Waals surface area contributed by atoms with E-state index >= 15 is 0 Å². The van der Waals surface area contributed by atoms with Crippen molar-refractivity contribution in [3.05, 3.63) is 72.1 Å². The smallest absolute Gasteiger partial charge is 0.137 e. The van der Waals surface area contributed by atoms with E-state index in [0.29, 0.717) is 17.0 Å². The molecule has 0 radical (unpaired) electrons. The summed E-state index contributed by atoms with van der Waals surface area (Å²) in [4.78, 5) is 0. The predicted molar refractivity (Wildman–Crippen MR) is 76.8 cm³/mol. The van der Waals surface area contributed by atoms with Gasteiger partial charge in [-0.25, -0.2) is 4.68 Å². The van der Waals surface area contributed by atoms with Crippen molar-refractivity contribution in [1.82, 2.24) is 15.0 Å². The summed E-state index contributed by atoms with van der Waals surface area (Å²) in [6, 6.07) is 18.9. The van der Waals surface area contributed by atoms with Gasteiger partial charge in [0.2, 0.25) is 0 Å². The van der Waals surface area contributed by atoms with E-state index in [4.69, 9.17) is 10.00 Å². The summed E-state index contributed by atoms with van der Waals surface area (Å²) in [7, 11) is 0. The summed E-state index contributed by atoms with van der Waals surface area (Å²) in [5.74, 6) is 0.550. The third-order valence-corrected chi connectivity index (χ3v) is 2.94. The number of ether oxygens (including phenoxy) is 1. The molecule has 0 bridgehead atoms. The first-order valence-corrected chi connectivity index (χ1v) is 6.45. The molecule has 0 N–H and O–H groups in total. The SMILES string of the molecule is N#Cc1ccccc1OCc1cn(-c2ccccc2)nn1. The van der Waals surface area contributed by atoms with Crippen molar-refractivity contribution in [2.75, 3.05) is 0 Å². The number of para-hydroxylation sites is 2. The Morgan fingerprint density at radius 2 is 1.81 bits per heavy atom. The lowest BCUT2D eigenvalue weighted by atomic mass is 10.2. The number of nitriles is 1. The molecule has 0 saturated heterocycles. The average molecular weight is 276 g/mol. The van der Waals surface area contributed by atoms with E-state index in [1.165, 1.54) is 0 Å². The summed E-state index contributed by atoms with van der Waals surface area (Å²) >= 11 is 0. The van der Waals surface area contributed by atoms with Crippen LogP contribution in [-0.4, -0.2) is 15.0 Å². The van der Waals surface area contributed by atoms with Crippen LogP contribution in [0.4, 0.5) is 0 Å². The Morgan fingerprint density at radius 3 is 2.62 bits per heavy atom. The molecule has 21 heavy (non-hydrogen) atoms. The van der Waals surface area contributed by atoms with Gasteiger partial charge in [-0.2, -0.15) is 5.26 Å². The van der Waals surface area contributed by atoms with Crippen molar-refractivity contribution in [1.29, 1.82) is 5.26 Å². The maximum Gasteiger partial charge on any atom is 0.137 e. The van der Waals surface area contributed by atoms with Gasteiger partial charge in [-0.15, -0.1) is 5.10 Å². The molecule has 0 atom stereocenters. The van der Waals surface area contributed by atoms with Gasteiger partial charge in [0.25, 0.3) is 0 Å². The van der Waals surface area contributed by atoms with Crippen molar-refractivity contribution in [3.63, 3.8) is 0 Å². The first-order valence-electron chi connectivity index (χ1n) is 6.45. The van der Waals surface area contributed by atoms with Crippen molar-refractivity contribution >= 4 is 0 Å². The van der Waals surface area contributed by atoms with Crippen LogP contribution in [0.2, 0.25) is 0 Å². The normalized spacial score (nSPS) is 10.0. The van der Waals surface area contributed by atoms with Gasteiger partial charge in [-0.3, -0.25) is 0 Å². The molecule has 0 spiro atoms. The lowest BCUT2D eigenvalue weighted by molar-refractivity contribution is 0.300. The third-order valence-electron chi connectivity index (χ3n) is 2.94. The van der Waals surface area contributed by atoms with Crippen molar-refractivity contribution in [2.24, 2.45) is 0 Å². The second-order valence-electron chi connectivity index (χ2n) is 4.39. The predicted octanol–water partition coefficient (Wildman–Crippen LogP) is 2.72. The van der Waals surface area contributed by atoms with Crippen molar-refractivity contribution < 1.29 is 4.74 Å². The van der Waals surface area contributed by atoms with Gasteiger partial charge in [0.05, 0.1) is 17.4 Å². The molecule has 3 rings (SSSR count). The highest BCUT2D eigenvalue weighted by atomic mass is 16.5. The number of aromatic nitrogens is 3. The van der Waals surface area contributed by atoms with E-state index < -0.39 is 0 Å². The van der Waals surface area contributed by atoms with Gasteiger partial charge < -0.3 is 4.74 Å². The molecule has 0 unspecified atom stereocenters. The van der Waals surface area contributed by atoms with Gasteiger partial charge in [0, 0.05) is 0 Å². The molecule has 1 heterocycles. The van der Waals surface area contributed by atoms with Gasteiger partial charge in [0.1, 0.15) is 24.1 Å². The second kappa shape index (κ2) is 5.88. The number of hydrogen-bond donors (Lipinski definition) is 0. The van der Waals surface area contributed by atoms with Crippen LogP contribution in [-0.2, 0) is 6.61 Å². The Bertz CT molecular complexity index is 774. The Morgan fingerprint density at radius 1 is 1.05 bits per heavy atom. The lowest BCUT2D eigenvalue weighted by Gasteiger charge is -2.04. The van der Waals surface area contributed by atoms with E-state index in [9.17, 15) is 0 Å². The lowest BCUT2D eigenvalue weighted by Crippen LogP contribution is -1.97. The average Bonchev–Trinajstić information content (AvgIpc) is 3.03. The first-order chi connectivity index (χ1) is 10.4. The van der Waals surface area contributed by atoms with Gasteiger partial charge in [-0.05, 0) is 24.3 Å². The minimum absolute atomic E-state index is 0.269. The highest BCUT2D eigenvalue weighted by molar-refractivity contribution is 5.42. The number of rotatable bonds is 4. The molecule has 0 amide bonds. The van der Waals surface area contributed by atoms with Crippen LogP contribution in [0.15, 0.2) is 60.8 Å². The van der Waals surface area contributed by atoms with Crippen LogP contribution in [0.1, 0.15) is 11.3 Å². The van der Waals surface area contributed by atoms with Gasteiger partial charge >= 0.3 is 0 Å². The monoisotopic (exact) mass is 276 g/mol. The molecule has 0 aliphatic heterocycles. The van der Waals surface area contributed by atoms with Crippen LogP contribution in [0.25, 0.3) is 5.69 Å². The molecule has 5 heteroatoms. The molecule has 0 saturated carbocycles. The fourth-order valence-electron chi connectivity index (χ4n) is 1.91. The molecule has 0 fully saturated rings. The summed E-state index contributed by atoms with van der Waals surface area (Å²) in [5.41, 5.74) is 2.15. The van der Waals surface area contributed by atoms with E-state index in [0.717, 1.165) is 5.69 Å². The molecule has 2 aromatic carbocycles. The minimum Gasteiger partial charge on any atom is -0.486 e. The number of benzene rings is 2. The molecule has 102 valence electrons. The first kappa shape index (κ1) is 12.9. The van der Waals surface area contributed by atoms with E-state index in [-0.39, 0.29) is 6.61 Å². The summed E-state index contributed by atoms with van der Waals surface area (Å²) in [6.45, 7) is 0.269. The molecular weight excluding hydrogens is 264 g/mol. The van der Waals surface area contributed by atoms with E-state index in [2.05, 4.69) is 16.4 Å². The minimum atomic E-state index is 0.269. The quantitative estimate of drug-likeness (QED) is 0.735. The van der Waals surface area contributed by atoms with Crippen LogP contribution in [0.5, 0.6) is 5.75 Å². The molecule has 0 aliphatic rings. The molecule has 1 aromatic heterocycles. The van der Waals surface area contributed by atoms with E-state index in [1.54, 1.807) is 22.9 Å². The summed E-state index contributed by atoms with van der Waals surface area (Å²) < 4.78 is 7.31. The third kappa shape index (κ3) is 2.90. The molecule has 0 aliphatic carbocycles. The van der Waals surface area contributed by atoms with Crippen molar-refractivity contribution in [2.45, 2.75) is 6.61 Å². The van der Waals surface area contributed by atoms with Crippen LogP contribution < -0.4 is 4.74 Å². The Kier molecular flexibility index (Phi) is 3.61. The van der Waals surface area contributed by atoms with E-state index in [1.807, 2.05) is 42.6 Å². The van der Waals surface area contributed by atoms with Gasteiger partial charge in [-0.1, -0.05) is 35.5 Å². The standard InChI is InChI=1S/C16H12N4O/c17-10-13-6-4-5-9-16(13)21-12-14-11-20(19-18-14)15-7-2-1-3-8-15/h1-9,11H,12H2. The van der Waals surface area contributed by atoms with Crippen LogP contribution in [0.3, 0.4) is 0 Å². The summed E-state index contributed by atoms with van der Waals surface area (Å²) in [5, 5.41) is 17.1. The zero-order chi connectivity index (χ0) is 14.5. The van der Waals surface area contributed by atoms with Crippen LogP contribution >= 0.6 is 0 Å². The largest absolute Gasteiger partial charge is 0.486 e. The Balaban J connectivity index is 1.72. The van der Waals surface area contributed by atoms with Crippen LogP contribution in [0, 0.1) is 11.3 Å².